The molecule has 0 saturated carbocycles. The molecule has 0 bridgehead atoms. The average Bonchev–Trinajstić information content (AvgIpc) is 2.82. The van der Waals surface area contributed by atoms with Crippen molar-refractivity contribution in [3.63, 3.8) is 0 Å². The van der Waals surface area contributed by atoms with Gasteiger partial charge < -0.3 is 4.57 Å². The topological polar surface area (TPSA) is 81.0 Å². The molecule has 0 amide bonds. The van der Waals surface area contributed by atoms with Gasteiger partial charge in [-0.25, -0.2) is 23.4 Å². The van der Waals surface area contributed by atoms with Gasteiger partial charge in [-0.15, -0.1) is 0 Å². The van der Waals surface area contributed by atoms with Crippen LogP contribution in [-0.2, 0) is 16.6 Å². The van der Waals surface area contributed by atoms with Crippen LogP contribution < -0.4 is 4.31 Å². The van der Waals surface area contributed by atoms with Crippen molar-refractivity contribution in [3.05, 3.63) is 47.6 Å². The molecular weight excluding hydrogens is 338 g/mol. The van der Waals surface area contributed by atoms with Crippen LogP contribution in [0.1, 0.15) is 5.56 Å². The van der Waals surface area contributed by atoms with E-state index in [4.69, 9.17) is 11.6 Å². The smallest absolute Gasteiger partial charge is 0.233 e. The lowest BCUT2D eigenvalue weighted by atomic mass is 10.2. The van der Waals surface area contributed by atoms with Crippen molar-refractivity contribution in [2.45, 2.75) is 6.54 Å². The van der Waals surface area contributed by atoms with Crippen molar-refractivity contribution < 1.29 is 8.42 Å². The fourth-order valence-electron chi connectivity index (χ4n) is 2.28. The second kappa shape index (κ2) is 5.78. The van der Waals surface area contributed by atoms with E-state index in [9.17, 15) is 8.42 Å². The van der Waals surface area contributed by atoms with Crippen molar-refractivity contribution in [2.24, 2.45) is 0 Å². The van der Waals surface area contributed by atoms with E-state index in [1.165, 1.54) is 13.4 Å². The van der Waals surface area contributed by atoms with Gasteiger partial charge >= 0.3 is 0 Å². The Kier molecular flexibility index (Phi) is 3.95. The van der Waals surface area contributed by atoms with Crippen molar-refractivity contribution >= 4 is 38.5 Å². The summed E-state index contributed by atoms with van der Waals surface area (Å²) in [5.74, 6) is 0.363. The molecule has 0 radical (unpaired) electrons. The molecule has 23 heavy (non-hydrogen) atoms. The van der Waals surface area contributed by atoms with Crippen molar-refractivity contribution in [2.75, 3.05) is 17.6 Å². The Labute approximate surface area is 138 Å². The van der Waals surface area contributed by atoms with Crippen molar-refractivity contribution in [3.8, 4) is 0 Å². The zero-order valence-electron chi connectivity index (χ0n) is 12.5. The molecule has 9 heteroatoms. The molecule has 0 aliphatic rings. The molecule has 7 nitrogen and oxygen atoms in total. The van der Waals surface area contributed by atoms with Crippen LogP contribution in [0.2, 0.25) is 5.15 Å². The first-order valence-corrected chi connectivity index (χ1v) is 8.93. The minimum absolute atomic E-state index is 0.350. The Balaban J connectivity index is 2.08. The normalized spacial score (nSPS) is 11.8. The number of rotatable bonds is 4. The lowest BCUT2D eigenvalue weighted by Gasteiger charge is -2.19. The quantitative estimate of drug-likeness (QED) is 0.717. The predicted octanol–water partition coefficient (Wildman–Crippen LogP) is 1.92. The summed E-state index contributed by atoms with van der Waals surface area (Å²) in [6.45, 7) is 0.350. The maximum atomic E-state index is 11.8. The highest BCUT2D eigenvalue weighted by Crippen LogP contribution is 2.25. The van der Waals surface area contributed by atoms with Crippen LogP contribution in [-0.4, -0.2) is 41.2 Å². The number of halogens is 1. The molecule has 3 rings (SSSR count). The highest BCUT2D eigenvalue weighted by atomic mass is 35.5. The molecule has 0 atom stereocenters. The number of nitrogens with zero attached hydrogens (tertiary/aromatic N) is 5. The van der Waals surface area contributed by atoms with E-state index >= 15 is 0 Å². The lowest BCUT2D eigenvalue weighted by Crippen LogP contribution is -2.27. The number of sulfonamides is 1. The van der Waals surface area contributed by atoms with E-state index in [0.29, 0.717) is 23.2 Å². The van der Waals surface area contributed by atoms with E-state index in [2.05, 4.69) is 15.0 Å². The highest BCUT2D eigenvalue weighted by Gasteiger charge is 2.18. The van der Waals surface area contributed by atoms with Gasteiger partial charge in [0, 0.05) is 30.4 Å². The SMILES string of the molecule is CN(c1ncccc1Cn1c(Cl)cc2cncnc21)S(C)(=O)=O. The van der Waals surface area contributed by atoms with Gasteiger partial charge in [0.1, 0.15) is 22.9 Å². The average molecular weight is 352 g/mol. The molecule has 0 saturated heterocycles. The van der Waals surface area contributed by atoms with E-state index in [0.717, 1.165) is 21.5 Å². The van der Waals surface area contributed by atoms with Crippen molar-refractivity contribution in [1.82, 2.24) is 19.5 Å². The van der Waals surface area contributed by atoms with E-state index in [1.54, 1.807) is 29.1 Å². The Morgan fingerprint density at radius 2 is 2.13 bits per heavy atom. The minimum atomic E-state index is -3.41. The van der Waals surface area contributed by atoms with Crippen LogP contribution in [0.4, 0.5) is 5.82 Å². The monoisotopic (exact) mass is 351 g/mol. The van der Waals surface area contributed by atoms with Gasteiger partial charge in [-0.05, 0) is 12.1 Å². The third-order valence-corrected chi connectivity index (χ3v) is 4.98. The molecule has 3 aromatic rings. The van der Waals surface area contributed by atoms with Gasteiger partial charge in [-0.2, -0.15) is 0 Å². The van der Waals surface area contributed by atoms with Gasteiger partial charge in [0.05, 0.1) is 12.8 Å². The molecule has 0 aliphatic carbocycles. The predicted molar refractivity (Wildman–Crippen MR) is 89.1 cm³/mol. The summed E-state index contributed by atoms with van der Waals surface area (Å²) >= 11 is 6.28. The van der Waals surface area contributed by atoms with Crippen LogP contribution in [0.25, 0.3) is 11.0 Å². The van der Waals surface area contributed by atoms with Crippen LogP contribution in [0.15, 0.2) is 36.9 Å². The molecule has 0 N–H and O–H groups in total. The number of hydrogen-bond donors (Lipinski definition) is 0. The molecule has 3 heterocycles. The Bertz CT molecular complexity index is 970. The Morgan fingerprint density at radius 3 is 2.87 bits per heavy atom. The molecule has 0 aliphatic heterocycles. The van der Waals surface area contributed by atoms with Crippen molar-refractivity contribution in [1.29, 1.82) is 0 Å². The molecule has 0 aromatic carbocycles. The largest absolute Gasteiger partial charge is 0.312 e. The molecule has 0 fully saturated rings. The molecule has 0 unspecified atom stereocenters. The summed E-state index contributed by atoms with van der Waals surface area (Å²) in [4.78, 5) is 12.4. The Hall–Kier alpha value is -2.19. The maximum Gasteiger partial charge on any atom is 0.233 e. The number of pyridine rings is 1. The summed E-state index contributed by atoms with van der Waals surface area (Å²) in [7, 11) is -1.94. The first kappa shape index (κ1) is 15.7. The van der Waals surface area contributed by atoms with Crippen LogP contribution in [0.3, 0.4) is 0 Å². The first-order valence-electron chi connectivity index (χ1n) is 6.70. The van der Waals surface area contributed by atoms with Gasteiger partial charge in [-0.3, -0.25) is 4.31 Å². The molecule has 120 valence electrons. The highest BCUT2D eigenvalue weighted by molar-refractivity contribution is 7.92. The Morgan fingerprint density at radius 1 is 1.35 bits per heavy atom. The third-order valence-electron chi connectivity index (χ3n) is 3.50. The third kappa shape index (κ3) is 2.99. The zero-order valence-corrected chi connectivity index (χ0v) is 14.1. The minimum Gasteiger partial charge on any atom is -0.312 e. The number of anilines is 1. The second-order valence-electron chi connectivity index (χ2n) is 5.07. The first-order chi connectivity index (χ1) is 10.9. The summed E-state index contributed by atoms with van der Waals surface area (Å²) < 4.78 is 26.5. The summed E-state index contributed by atoms with van der Waals surface area (Å²) in [5, 5.41) is 1.32. The van der Waals surface area contributed by atoms with Gasteiger partial charge in [0.25, 0.3) is 0 Å². The zero-order chi connectivity index (χ0) is 16.6. The van der Waals surface area contributed by atoms with E-state index < -0.39 is 10.0 Å². The van der Waals surface area contributed by atoms with Crippen LogP contribution in [0.5, 0.6) is 0 Å². The summed E-state index contributed by atoms with van der Waals surface area (Å²) in [5.41, 5.74) is 1.40. The summed E-state index contributed by atoms with van der Waals surface area (Å²) in [6, 6.07) is 5.34. The molecular formula is C14H14ClN5O2S. The van der Waals surface area contributed by atoms with Crippen LogP contribution >= 0.6 is 11.6 Å². The van der Waals surface area contributed by atoms with Gasteiger partial charge in [-0.1, -0.05) is 17.7 Å². The lowest BCUT2D eigenvalue weighted by molar-refractivity contribution is 0.599. The van der Waals surface area contributed by atoms with E-state index in [1.807, 2.05) is 6.07 Å². The molecule has 0 spiro atoms. The number of aromatic nitrogens is 4. The second-order valence-corrected chi connectivity index (χ2v) is 7.47. The van der Waals surface area contributed by atoms with Gasteiger partial charge in [0.2, 0.25) is 10.0 Å². The number of fused-ring (bicyclic) bond motifs is 1. The standard InChI is InChI=1S/C14H14ClN5O2S/c1-19(23(2,21)22)13-10(4-3-5-17-13)8-20-12(15)6-11-7-16-9-18-14(11)20/h3-7,9H,8H2,1-2H3. The molecule has 3 aromatic heterocycles. The summed E-state index contributed by atoms with van der Waals surface area (Å²) in [6.07, 6.45) is 5.81. The van der Waals surface area contributed by atoms with E-state index in [-0.39, 0.29) is 0 Å². The number of hydrogen-bond acceptors (Lipinski definition) is 5. The maximum absolute atomic E-state index is 11.8. The van der Waals surface area contributed by atoms with Gasteiger partial charge in [0.15, 0.2) is 0 Å². The fraction of sp³-hybridized carbons (Fsp3) is 0.214. The van der Waals surface area contributed by atoms with Crippen LogP contribution in [0, 0.1) is 0 Å². The fourth-order valence-corrected chi connectivity index (χ4v) is 3.02.